The van der Waals surface area contributed by atoms with Gasteiger partial charge in [0.1, 0.15) is 5.78 Å². The third kappa shape index (κ3) is 6.52. The van der Waals surface area contributed by atoms with Crippen LogP contribution in [0.15, 0.2) is 0 Å². The standard InChI is InChI=1S/C9H12O7/c1-5(10)2-3-8(13)16-6(9(14)15)4-7(11)12/h6H,2-4H2,1H3,(H,11,12)(H,14,15)/t6-/m0/s1. The maximum Gasteiger partial charge on any atom is 0.345 e. The molecule has 0 saturated heterocycles. The van der Waals surface area contributed by atoms with Crippen LogP contribution in [0.25, 0.3) is 0 Å². The zero-order valence-corrected chi connectivity index (χ0v) is 8.63. The number of hydrogen-bond acceptors (Lipinski definition) is 5. The molecule has 0 aliphatic carbocycles. The van der Waals surface area contributed by atoms with Crippen LogP contribution in [0.4, 0.5) is 0 Å². The minimum absolute atomic E-state index is 0.0573. The highest BCUT2D eigenvalue weighted by Crippen LogP contribution is 2.03. The normalized spacial score (nSPS) is 11.6. The van der Waals surface area contributed by atoms with Gasteiger partial charge < -0.3 is 19.7 Å². The fraction of sp³-hybridized carbons (Fsp3) is 0.556. The summed E-state index contributed by atoms with van der Waals surface area (Å²) in [5, 5.41) is 16.9. The first-order valence-corrected chi connectivity index (χ1v) is 4.46. The van der Waals surface area contributed by atoms with E-state index in [0.29, 0.717) is 0 Å². The molecule has 0 unspecified atom stereocenters. The van der Waals surface area contributed by atoms with Gasteiger partial charge in [0.05, 0.1) is 12.8 Å². The predicted molar refractivity (Wildman–Crippen MR) is 49.7 cm³/mol. The largest absolute Gasteiger partial charge is 0.481 e. The fourth-order valence-electron chi connectivity index (χ4n) is 0.834. The summed E-state index contributed by atoms with van der Waals surface area (Å²) < 4.78 is 4.40. The molecule has 2 N–H and O–H groups in total. The second-order valence-corrected chi connectivity index (χ2v) is 3.12. The van der Waals surface area contributed by atoms with Crippen LogP contribution in [0.2, 0.25) is 0 Å². The lowest BCUT2D eigenvalue weighted by Crippen LogP contribution is -2.29. The Morgan fingerprint density at radius 2 is 1.69 bits per heavy atom. The second-order valence-electron chi connectivity index (χ2n) is 3.12. The molecule has 7 nitrogen and oxygen atoms in total. The number of Topliss-reactive ketones (excluding diaryl/α,β-unsaturated/α-hetero) is 1. The molecule has 16 heavy (non-hydrogen) atoms. The molecule has 0 saturated carbocycles. The molecule has 0 radical (unpaired) electrons. The summed E-state index contributed by atoms with van der Waals surface area (Å²) in [6.45, 7) is 1.28. The van der Waals surface area contributed by atoms with Crippen molar-refractivity contribution in [1.29, 1.82) is 0 Å². The van der Waals surface area contributed by atoms with Crippen LogP contribution in [-0.2, 0) is 23.9 Å². The van der Waals surface area contributed by atoms with E-state index in [-0.39, 0.29) is 18.6 Å². The number of esters is 1. The highest BCUT2D eigenvalue weighted by Gasteiger charge is 2.25. The Kier molecular flexibility index (Phi) is 5.76. The smallest absolute Gasteiger partial charge is 0.345 e. The fourth-order valence-corrected chi connectivity index (χ4v) is 0.834. The van der Waals surface area contributed by atoms with Gasteiger partial charge in [-0.05, 0) is 6.92 Å². The van der Waals surface area contributed by atoms with E-state index in [4.69, 9.17) is 10.2 Å². The van der Waals surface area contributed by atoms with Gasteiger partial charge in [-0.2, -0.15) is 0 Å². The number of carboxylic acid groups (broad SMARTS) is 2. The van der Waals surface area contributed by atoms with Gasteiger partial charge in [0.2, 0.25) is 6.10 Å². The zero-order valence-electron chi connectivity index (χ0n) is 8.63. The maximum atomic E-state index is 11.0. The number of carbonyl (C=O) groups excluding carboxylic acids is 2. The average Bonchev–Trinajstić information content (AvgIpc) is 2.12. The molecular weight excluding hydrogens is 220 g/mol. The highest BCUT2D eigenvalue weighted by atomic mass is 16.6. The van der Waals surface area contributed by atoms with Crippen molar-refractivity contribution >= 4 is 23.7 Å². The molecule has 0 aromatic carbocycles. The lowest BCUT2D eigenvalue weighted by Gasteiger charge is -2.10. The molecule has 0 aromatic rings. The lowest BCUT2D eigenvalue weighted by atomic mass is 10.2. The summed E-state index contributed by atoms with van der Waals surface area (Å²) in [5.41, 5.74) is 0. The molecular formula is C9H12O7. The molecule has 0 spiro atoms. The Bertz CT molecular complexity index is 307. The minimum atomic E-state index is -1.71. The minimum Gasteiger partial charge on any atom is -0.481 e. The van der Waals surface area contributed by atoms with E-state index in [9.17, 15) is 19.2 Å². The quantitative estimate of drug-likeness (QED) is 0.584. The van der Waals surface area contributed by atoms with Gasteiger partial charge in [-0.15, -0.1) is 0 Å². The number of hydrogen-bond donors (Lipinski definition) is 2. The van der Waals surface area contributed by atoms with Crippen LogP contribution in [0.1, 0.15) is 26.2 Å². The number of carboxylic acids is 2. The Balaban J connectivity index is 4.18. The van der Waals surface area contributed by atoms with Crippen LogP contribution in [0.5, 0.6) is 0 Å². The lowest BCUT2D eigenvalue weighted by molar-refractivity contribution is -0.167. The van der Waals surface area contributed by atoms with E-state index in [2.05, 4.69) is 4.74 Å². The summed E-state index contributed by atoms with van der Waals surface area (Å²) in [4.78, 5) is 42.3. The summed E-state index contributed by atoms with van der Waals surface area (Å²) in [5.74, 6) is -4.05. The summed E-state index contributed by atoms with van der Waals surface area (Å²) in [7, 11) is 0. The number of ether oxygens (including phenoxy) is 1. The number of rotatable bonds is 7. The van der Waals surface area contributed by atoms with Gasteiger partial charge in [0.15, 0.2) is 0 Å². The third-order valence-corrected chi connectivity index (χ3v) is 1.59. The van der Waals surface area contributed by atoms with Gasteiger partial charge in [0.25, 0.3) is 0 Å². The molecule has 90 valence electrons. The van der Waals surface area contributed by atoms with Crippen molar-refractivity contribution in [3.8, 4) is 0 Å². The maximum absolute atomic E-state index is 11.0. The van der Waals surface area contributed by atoms with Gasteiger partial charge in [0, 0.05) is 6.42 Å². The topological polar surface area (TPSA) is 118 Å². The predicted octanol–water partition coefficient (Wildman–Crippen LogP) is -0.173. The molecule has 0 aliphatic rings. The van der Waals surface area contributed by atoms with Gasteiger partial charge in [-0.25, -0.2) is 4.79 Å². The van der Waals surface area contributed by atoms with Crippen molar-refractivity contribution < 1.29 is 34.1 Å². The van der Waals surface area contributed by atoms with Gasteiger partial charge in [-0.1, -0.05) is 0 Å². The molecule has 0 heterocycles. The van der Waals surface area contributed by atoms with Crippen molar-refractivity contribution in [3.05, 3.63) is 0 Å². The first kappa shape index (κ1) is 14.1. The van der Waals surface area contributed by atoms with Gasteiger partial charge in [-0.3, -0.25) is 9.59 Å². The molecule has 0 aliphatic heterocycles. The SMILES string of the molecule is CC(=O)CCC(=O)O[C@@H](CC(=O)O)C(=O)O. The number of aliphatic carboxylic acids is 2. The van der Waals surface area contributed by atoms with Crippen LogP contribution in [0, 0.1) is 0 Å². The second kappa shape index (κ2) is 6.54. The van der Waals surface area contributed by atoms with Crippen LogP contribution in [-0.4, -0.2) is 40.0 Å². The van der Waals surface area contributed by atoms with E-state index in [1.807, 2.05) is 0 Å². The summed E-state index contributed by atoms with van der Waals surface area (Å²) in [6.07, 6.45) is -2.82. The monoisotopic (exact) mass is 232 g/mol. The molecule has 0 aromatic heterocycles. The van der Waals surface area contributed by atoms with Crippen molar-refractivity contribution in [2.45, 2.75) is 32.3 Å². The average molecular weight is 232 g/mol. The van der Waals surface area contributed by atoms with Crippen LogP contribution < -0.4 is 0 Å². The molecule has 7 heteroatoms. The first-order valence-electron chi connectivity index (χ1n) is 4.46. The molecule has 0 bridgehead atoms. The van der Waals surface area contributed by atoms with Crippen LogP contribution >= 0.6 is 0 Å². The Hall–Kier alpha value is -1.92. The first-order chi connectivity index (χ1) is 7.32. The van der Waals surface area contributed by atoms with Crippen molar-refractivity contribution in [1.82, 2.24) is 0 Å². The van der Waals surface area contributed by atoms with Gasteiger partial charge >= 0.3 is 17.9 Å². The van der Waals surface area contributed by atoms with Crippen molar-refractivity contribution in [3.63, 3.8) is 0 Å². The third-order valence-electron chi connectivity index (χ3n) is 1.59. The summed E-state index contributed by atoms with van der Waals surface area (Å²) >= 11 is 0. The Morgan fingerprint density at radius 1 is 1.12 bits per heavy atom. The summed E-state index contributed by atoms with van der Waals surface area (Å²) in [6, 6.07) is 0. The number of ketones is 1. The Morgan fingerprint density at radius 3 is 2.06 bits per heavy atom. The van der Waals surface area contributed by atoms with E-state index in [1.165, 1.54) is 6.92 Å². The van der Waals surface area contributed by atoms with E-state index < -0.39 is 30.4 Å². The zero-order chi connectivity index (χ0) is 12.7. The van der Waals surface area contributed by atoms with Crippen LogP contribution in [0.3, 0.4) is 0 Å². The van der Waals surface area contributed by atoms with Crippen molar-refractivity contribution in [2.75, 3.05) is 0 Å². The highest BCUT2D eigenvalue weighted by molar-refractivity contribution is 5.84. The molecule has 0 amide bonds. The Labute approximate surface area is 91.0 Å². The molecule has 1 atom stereocenters. The molecule has 0 rings (SSSR count). The molecule has 0 fully saturated rings. The number of carbonyl (C=O) groups is 4. The van der Waals surface area contributed by atoms with Crippen molar-refractivity contribution in [2.24, 2.45) is 0 Å². The van der Waals surface area contributed by atoms with E-state index >= 15 is 0 Å². The van der Waals surface area contributed by atoms with E-state index in [0.717, 1.165) is 0 Å². The van der Waals surface area contributed by atoms with E-state index in [1.54, 1.807) is 0 Å².